The fourth-order valence-corrected chi connectivity index (χ4v) is 1.13. The average Bonchev–Trinajstić information content (AvgIpc) is 2.13. The molecule has 1 amide bonds. The van der Waals surface area contributed by atoms with Gasteiger partial charge in [-0.3, -0.25) is 4.79 Å². The van der Waals surface area contributed by atoms with Gasteiger partial charge in [-0.05, 0) is 24.8 Å². The lowest BCUT2D eigenvalue weighted by molar-refractivity contribution is -0.121. The standard InChI is InChI=1S/C11H24N2O/c1-9(2)5-4-6-11(14)13-8-10(3)7-12/h9-10H,4-8,12H2,1-3H3,(H,13,14). The molecular formula is C11H24N2O. The summed E-state index contributed by atoms with van der Waals surface area (Å²) in [6.45, 7) is 7.72. The molecule has 0 bridgehead atoms. The Hall–Kier alpha value is -0.570. The first-order valence-corrected chi connectivity index (χ1v) is 5.53. The Bertz CT molecular complexity index is 157. The van der Waals surface area contributed by atoms with E-state index >= 15 is 0 Å². The van der Waals surface area contributed by atoms with Crippen molar-refractivity contribution in [3.63, 3.8) is 0 Å². The van der Waals surface area contributed by atoms with Gasteiger partial charge in [0.2, 0.25) is 5.91 Å². The summed E-state index contributed by atoms with van der Waals surface area (Å²) >= 11 is 0. The van der Waals surface area contributed by atoms with Crippen LogP contribution in [0.15, 0.2) is 0 Å². The van der Waals surface area contributed by atoms with Crippen LogP contribution in [-0.2, 0) is 4.79 Å². The SMILES string of the molecule is CC(C)CCCC(=O)NCC(C)CN. The van der Waals surface area contributed by atoms with E-state index in [-0.39, 0.29) is 5.91 Å². The van der Waals surface area contributed by atoms with Gasteiger partial charge in [-0.2, -0.15) is 0 Å². The average molecular weight is 200 g/mol. The van der Waals surface area contributed by atoms with E-state index in [0.717, 1.165) is 12.8 Å². The third-order valence-electron chi connectivity index (χ3n) is 2.24. The molecule has 0 aromatic rings. The third-order valence-corrected chi connectivity index (χ3v) is 2.24. The number of carbonyl (C=O) groups excluding carboxylic acids is 1. The quantitative estimate of drug-likeness (QED) is 0.654. The van der Waals surface area contributed by atoms with Gasteiger partial charge in [0.1, 0.15) is 0 Å². The molecule has 14 heavy (non-hydrogen) atoms. The first-order chi connectivity index (χ1) is 6.56. The first kappa shape index (κ1) is 13.4. The second-order valence-corrected chi connectivity index (χ2v) is 4.43. The highest BCUT2D eigenvalue weighted by atomic mass is 16.1. The van der Waals surface area contributed by atoms with Crippen LogP contribution in [0.2, 0.25) is 0 Å². The Labute approximate surface area is 87.4 Å². The summed E-state index contributed by atoms with van der Waals surface area (Å²) in [6.07, 6.45) is 2.76. The molecule has 84 valence electrons. The number of hydrogen-bond donors (Lipinski definition) is 2. The van der Waals surface area contributed by atoms with Crippen molar-refractivity contribution < 1.29 is 4.79 Å². The van der Waals surface area contributed by atoms with Gasteiger partial charge in [0.15, 0.2) is 0 Å². The molecular weight excluding hydrogens is 176 g/mol. The molecule has 0 aromatic carbocycles. The minimum absolute atomic E-state index is 0.158. The van der Waals surface area contributed by atoms with Crippen molar-refractivity contribution in [3.05, 3.63) is 0 Å². The Morgan fingerprint density at radius 1 is 1.36 bits per heavy atom. The molecule has 1 atom stereocenters. The van der Waals surface area contributed by atoms with Crippen molar-refractivity contribution in [2.24, 2.45) is 17.6 Å². The van der Waals surface area contributed by atoms with Gasteiger partial charge in [0.05, 0.1) is 0 Å². The smallest absolute Gasteiger partial charge is 0.220 e. The van der Waals surface area contributed by atoms with Crippen molar-refractivity contribution in [1.29, 1.82) is 0 Å². The zero-order valence-electron chi connectivity index (χ0n) is 9.68. The molecule has 0 saturated heterocycles. The first-order valence-electron chi connectivity index (χ1n) is 5.53. The summed E-state index contributed by atoms with van der Waals surface area (Å²) in [7, 11) is 0. The molecule has 0 rings (SSSR count). The Morgan fingerprint density at radius 3 is 2.50 bits per heavy atom. The van der Waals surface area contributed by atoms with Crippen LogP contribution in [0.1, 0.15) is 40.0 Å². The summed E-state index contributed by atoms with van der Waals surface area (Å²) in [5.41, 5.74) is 5.45. The highest BCUT2D eigenvalue weighted by molar-refractivity contribution is 5.75. The zero-order chi connectivity index (χ0) is 11.0. The van der Waals surface area contributed by atoms with E-state index < -0.39 is 0 Å². The van der Waals surface area contributed by atoms with E-state index in [1.54, 1.807) is 0 Å². The predicted octanol–water partition coefficient (Wildman–Crippen LogP) is 1.52. The third kappa shape index (κ3) is 8.05. The Kier molecular flexibility index (Phi) is 7.48. The van der Waals surface area contributed by atoms with Gasteiger partial charge in [-0.25, -0.2) is 0 Å². The summed E-state index contributed by atoms with van der Waals surface area (Å²) in [4.78, 5) is 11.3. The molecule has 1 unspecified atom stereocenters. The predicted molar refractivity (Wildman–Crippen MR) is 59.9 cm³/mol. The van der Waals surface area contributed by atoms with Crippen LogP contribution in [0.25, 0.3) is 0 Å². The second-order valence-electron chi connectivity index (χ2n) is 4.43. The summed E-state index contributed by atoms with van der Waals surface area (Å²) in [5.74, 6) is 1.22. The maximum atomic E-state index is 11.3. The normalized spacial score (nSPS) is 12.9. The number of nitrogens with two attached hydrogens (primary N) is 1. The van der Waals surface area contributed by atoms with Gasteiger partial charge in [-0.15, -0.1) is 0 Å². The van der Waals surface area contributed by atoms with Crippen molar-refractivity contribution in [2.75, 3.05) is 13.1 Å². The second kappa shape index (κ2) is 7.80. The lowest BCUT2D eigenvalue weighted by Crippen LogP contribution is -2.31. The fourth-order valence-electron chi connectivity index (χ4n) is 1.13. The van der Waals surface area contributed by atoms with E-state index in [0.29, 0.717) is 31.3 Å². The minimum atomic E-state index is 0.158. The van der Waals surface area contributed by atoms with Crippen molar-refractivity contribution in [1.82, 2.24) is 5.32 Å². The molecule has 0 aliphatic carbocycles. The van der Waals surface area contributed by atoms with Crippen LogP contribution in [0.3, 0.4) is 0 Å². The number of rotatable bonds is 7. The molecule has 3 heteroatoms. The minimum Gasteiger partial charge on any atom is -0.356 e. The summed E-state index contributed by atoms with van der Waals surface area (Å²) in [5, 5.41) is 2.89. The van der Waals surface area contributed by atoms with E-state index in [4.69, 9.17) is 5.73 Å². The fraction of sp³-hybridized carbons (Fsp3) is 0.909. The molecule has 0 spiro atoms. The van der Waals surface area contributed by atoms with Gasteiger partial charge in [-0.1, -0.05) is 27.2 Å². The molecule has 0 radical (unpaired) electrons. The Morgan fingerprint density at radius 2 is 2.00 bits per heavy atom. The molecule has 0 heterocycles. The summed E-state index contributed by atoms with van der Waals surface area (Å²) < 4.78 is 0. The molecule has 0 fully saturated rings. The van der Waals surface area contributed by atoms with Crippen LogP contribution in [-0.4, -0.2) is 19.0 Å². The highest BCUT2D eigenvalue weighted by Crippen LogP contribution is 2.05. The molecule has 3 N–H and O–H groups in total. The van der Waals surface area contributed by atoms with E-state index in [2.05, 4.69) is 19.2 Å². The maximum Gasteiger partial charge on any atom is 0.220 e. The van der Waals surface area contributed by atoms with Gasteiger partial charge in [0, 0.05) is 13.0 Å². The van der Waals surface area contributed by atoms with Crippen LogP contribution in [0, 0.1) is 11.8 Å². The van der Waals surface area contributed by atoms with Crippen molar-refractivity contribution >= 4 is 5.91 Å². The lowest BCUT2D eigenvalue weighted by atomic mass is 10.1. The number of amides is 1. The molecule has 3 nitrogen and oxygen atoms in total. The topological polar surface area (TPSA) is 55.1 Å². The van der Waals surface area contributed by atoms with Crippen LogP contribution >= 0.6 is 0 Å². The molecule has 0 aromatic heterocycles. The monoisotopic (exact) mass is 200 g/mol. The number of nitrogens with one attached hydrogen (secondary N) is 1. The van der Waals surface area contributed by atoms with Crippen LogP contribution in [0.5, 0.6) is 0 Å². The summed E-state index contributed by atoms with van der Waals surface area (Å²) in [6, 6.07) is 0. The number of hydrogen-bond acceptors (Lipinski definition) is 2. The maximum absolute atomic E-state index is 11.3. The van der Waals surface area contributed by atoms with Gasteiger partial charge < -0.3 is 11.1 Å². The van der Waals surface area contributed by atoms with Crippen LogP contribution in [0.4, 0.5) is 0 Å². The highest BCUT2D eigenvalue weighted by Gasteiger charge is 2.04. The van der Waals surface area contributed by atoms with E-state index in [1.165, 1.54) is 0 Å². The number of carbonyl (C=O) groups is 1. The zero-order valence-corrected chi connectivity index (χ0v) is 9.68. The lowest BCUT2D eigenvalue weighted by Gasteiger charge is -2.10. The van der Waals surface area contributed by atoms with Crippen LogP contribution < -0.4 is 11.1 Å². The largest absolute Gasteiger partial charge is 0.356 e. The van der Waals surface area contributed by atoms with E-state index in [9.17, 15) is 4.79 Å². The van der Waals surface area contributed by atoms with Gasteiger partial charge >= 0.3 is 0 Å². The molecule has 0 saturated carbocycles. The van der Waals surface area contributed by atoms with E-state index in [1.807, 2.05) is 6.92 Å². The van der Waals surface area contributed by atoms with Crippen molar-refractivity contribution in [2.45, 2.75) is 40.0 Å². The van der Waals surface area contributed by atoms with Gasteiger partial charge in [0.25, 0.3) is 0 Å². The molecule has 0 aliphatic heterocycles. The van der Waals surface area contributed by atoms with Crippen molar-refractivity contribution in [3.8, 4) is 0 Å². The Balaban J connectivity index is 3.37. The molecule has 0 aliphatic rings.